The summed E-state index contributed by atoms with van der Waals surface area (Å²) in [6.45, 7) is 0.716. The summed E-state index contributed by atoms with van der Waals surface area (Å²) < 4.78 is 5.36. The lowest BCUT2D eigenvalue weighted by Gasteiger charge is -2.18. The van der Waals surface area contributed by atoms with Crippen LogP contribution in [0.15, 0.2) is 11.6 Å². The van der Waals surface area contributed by atoms with Crippen molar-refractivity contribution in [3.63, 3.8) is 0 Å². The lowest BCUT2D eigenvalue weighted by molar-refractivity contribution is -0.120. The summed E-state index contributed by atoms with van der Waals surface area (Å²) in [7, 11) is 0. The molecule has 1 aliphatic heterocycles. The highest BCUT2D eigenvalue weighted by molar-refractivity contribution is 5.82. The van der Waals surface area contributed by atoms with Crippen LogP contribution in [0.2, 0.25) is 0 Å². The van der Waals surface area contributed by atoms with E-state index in [2.05, 4.69) is 0 Å². The van der Waals surface area contributed by atoms with E-state index in [-0.39, 0.29) is 6.10 Å². The first-order chi connectivity index (χ1) is 4.86. The van der Waals surface area contributed by atoms with Crippen LogP contribution in [0.4, 0.5) is 0 Å². The minimum absolute atomic E-state index is 0.290. The second-order valence-electron chi connectivity index (χ2n) is 2.86. The van der Waals surface area contributed by atoms with Gasteiger partial charge in [-0.25, -0.2) is 0 Å². The predicted molar refractivity (Wildman–Crippen MR) is 36.7 cm³/mol. The smallest absolute Gasteiger partial charge is 0.137 e. The number of carbonyl (C=O) groups excluding carboxylic acids is 1. The van der Waals surface area contributed by atoms with Crippen LogP contribution in [0.25, 0.3) is 0 Å². The van der Waals surface area contributed by atoms with Crippen molar-refractivity contribution < 1.29 is 9.53 Å². The van der Waals surface area contributed by atoms with Crippen LogP contribution in [-0.2, 0) is 9.53 Å². The lowest BCUT2D eigenvalue weighted by Crippen LogP contribution is -2.20. The SMILES string of the molecule is O=C1CCC2OCC=C2C1. The van der Waals surface area contributed by atoms with Crippen molar-refractivity contribution in [1.82, 2.24) is 0 Å². The maximum absolute atomic E-state index is 10.9. The fraction of sp³-hybridized carbons (Fsp3) is 0.625. The Morgan fingerprint density at radius 2 is 2.50 bits per heavy atom. The Morgan fingerprint density at radius 3 is 3.40 bits per heavy atom. The number of carbonyl (C=O) groups is 1. The largest absolute Gasteiger partial charge is 0.370 e. The quantitative estimate of drug-likeness (QED) is 0.468. The van der Waals surface area contributed by atoms with E-state index in [0.717, 1.165) is 6.42 Å². The van der Waals surface area contributed by atoms with E-state index in [9.17, 15) is 4.79 Å². The van der Waals surface area contributed by atoms with Gasteiger partial charge in [0, 0.05) is 12.8 Å². The minimum atomic E-state index is 0.290. The Bertz CT molecular complexity index is 193. The van der Waals surface area contributed by atoms with Crippen LogP contribution in [0.1, 0.15) is 19.3 Å². The van der Waals surface area contributed by atoms with E-state index in [1.165, 1.54) is 5.57 Å². The van der Waals surface area contributed by atoms with Crippen LogP contribution in [0, 0.1) is 0 Å². The highest BCUT2D eigenvalue weighted by atomic mass is 16.5. The molecule has 0 N–H and O–H groups in total. The fourth-order valence-corrected chi connectivity index (χ4v) is 1.57. The number of hydrogen-bond donors (Lipinski definition) is 0. The summed E-state index contributed by atoms with van der Waals surface area (Å²) >= 11 is 0. The molecule has 1 saturated carbocycles. The summed E-state index contributed by atoms with van der Waals surface area (Å²) in [6.07, 6.45) is 4.59. The van der Waals surface area contributed by atoms with Gasteiger partial charge in [0.15, 0.2) is 0 Å². The summed E-state index contributed by atoms with van der Waals surface area (Å²) in [4.78, 5) is 10.9. The molecular formula is C8H10O2. The Hall–Kier alpha value is -0.630. The van der Waals surface area contributed by atoms with Crippen LogP contribution in [0.5, 0.6) is 0 Å². The van der Waals surface area contributed by atoms with Crippen molar-refractivity contribution in [2.24, 2.45) is 0 Å². The molecule has 0 bridgehead atoms. The molecule has 0 saturated heterocycles. The molecule has 0 aromatic heterocycles. The zero-order valence-corrected chi connectivity index (χ0v) is 5.80. The lowest BCUT2D eigenvalue weighted by atomic mass is 9.92. The number of ether oxygens (including phenoxy) is 1. The first-order valence-electron chi connectivity index (χ1n) is 3.68. The molecule has 54 valence electrons. The summed E-state index contributed by atoms with van der Waals surface area (Å²) in [5, 5.41) is 0. The van der Waals surface area contributed by atoms with Crippen LogP contribution in [-0.4, -0.2) is 18.5 Å². The standard InChI is InChI=1S/C8H10O2/c9-7-1-2-8-6(5-7)3-4-10-8/h3,8H,1-2,4-5H2. The number of fused-ring (bicyclic) bond motifs is 1. The van der Waals surface area contributed by atoms with Crippen LogP contribution >= 0.6 is 0 Å². The molecule has 0 aromatic carbocycles. The van der Waals surface area contributed by atoms with Crippen molar-refractivity contribution in [2.75, 3.05) is 6.61 Å². The van der Waals surface area contributed by atoms with Gasteiger partial charge in [0.25, 0.3) is 0 Å². The monoisotopic (exact) mass is 138 g/mol. The Kier molecular flexibility index (Phi) is 1.34. The van der Waals surface area contributed by atoms with Gasteiger partial charge < -0.3 is 4.74 Å². The third-order valence-corrected chi connectivity index (χ3v) is 2.14. The highest BCUT2D eigenvalue weighted by Crippen LogP contribution is 2.27. The van der Waals surface area contributed by atoms with Gasteiger partial charge in [-0.05, 0) is 12.0 Å². The van der Waals surface area contributed by atoms with E-state index < -0.39 is 0 Å². The van der Waals surface area contributed by atoms with Gasteiger partial charge in [-0.1, -0.05) is 6.08 Å². The van der Waals surface area contributed by atoms with E-state index in [1.54, 1.807) is 0 Å². The average molecular weight is 138 g/mol. The summed E-state index contributed by atoms with van der Waals surface area (Å²) in [6, 6.07) is 0. The van der Waals surface area contributed by atoms with E-state index in [4.69, 9.17) is 4.74 Å². The van der Waals surface area contributed by atoms with Crippen molar-refractivity contribution >= 4 is 5.78 Å². The maximum Gasteiger partial charge on any atom is 0.137 e. The van der Waals surface area contributed by atoms with Crippen LogP contribution in [0.3, 0.4) is 0 Å². The molecule has 1 fully saturated rings. The minimum Gasteiger partial charge on any atom is -0.370 e. The normalized spacial score (nSPS) is 31.8. The third-order valence-electron chi connectivity index (χ3n) is 2.14. The molecule has 0 aromatic rings. The first-order valence-corrected chi connectivity index (χ1v) is 3.68. The molecule has 0 radical (unpaired) electrons. The summed E-state index contributed by atoms with van der Waals surface area (Å²) in [5.74, 6) is 0.369. The average Bonchev–Trinajstić information content (AvgIpc) is 2.33. The molecule has 2 heteroatoms. The third kappa shape index (κ3) is 0.886. The van der Waals surface area contributed by atoms with Gasteiger partial charge in [0.2, 0.25) is 0 Å². The Balaban J connectivity index is 2.14. The number of hydrogen-bond acceptors (Lipinski definition) is 2. The van der Waals surface area contributed by atoms with Gasteiger partial charge in [-0.15, -0.1) is 0 Å². The van der Waals surface area contributed by atoms with E-state index in [0.29, 0.717) is 25.2 Å². The zero-order valence-electron chi connectivity index (χ0n) is 5.80. The molecule has 2 nitrogen and oxygen atoms in total. The second-order valence-corrected chi connectivity index (χ2v) is 2.86. The van der Waals surface area contributed by atoms with Gasteiger partial charge in [0.1, 0.15) is 5.78 Å². The Morgan fingerprint density at radius 1 is 1.60 bits per heavy atom. The van der Waals surface area contributed by atoms with Gasteiger partial charge >= 0.3 is 0 Å². The van der Waals surface area contributed by atoms with E-state index >= 15 is 0 Å². The number of Topliss-reactive ketones (excluding diaryl/α,β-unsaturated/α-hetero) is 1. The van der Waals surface area contributed by atoms with E-state index in [1.807, 2.05) is 6.08 Å². The van der Waals surface area contributed by atoms with Crippen molar-refractivity contribution in [1.29, 1.82) is 0 Å². The van der Waals surface area contributed by atoms with Gasteiger partial charge in [-0.2, -0.15) is 0 Å². The molecule has 2 aliphatic rings. The number of ketones is 1. The highest BCUT2D eigenvalue weighted by Gasteiger charge is 2.26. The zero-order chi connectivity index (χ0) is 6.97. The number of rotatable bonds is 0. The predicted octanol–water partition coefficient (Wildman–Crippen LogP) is 1.06. The molecule has 10 heavy (non-hydrogen) atoms. The molecule has 0 amide bonds. The van der Waals surface area contributed by atoms with Crippen molar-refractivity contribution in [2.45, 2.75) is 25.4 Å². The molecule has 1 heterocycles. The molecular weight excluding hydrogens is 128 g/mol. The molecule has 0 spiro atoms. The van der Waals surface area contributed by atoms with Gasteiger partial charge in [0.05, 0.1) is 12.7 Å². The molecule has 2 rings (SSSR count). The van der Waals surface area contributed by atoms with Crippen molar-refractivity contribution in [3.8, 4) is 0 Å². The fourth-order valence-electron chi connectivity index (χ4n) is 1.57. The molecule has 1 atom stereocenters. The maximum atomic E-state index is 10.9. The van der Waals surface area contributed by atoms with Crippen LogP contribution < -0.4 is 0 Å². The molecule has 1 aliphatic carbocycles. The molecule has 1 unspecified atom stereocenters. The summed E-state index contributed by atoms with van der Waals surface area (Å²) in [5.41, 5.74) is 1.22. The van der Waals surface area contributed by atoms with Crippen molar-refractivity contribution in [3.05, 3.63) is 11.6 Å². The Labute approximate surface area is 59.9 Å². The van der Waals surface area contributed by atoms with Gasteiger partial charge in [-0.3, -0.25) is 4.79 Å². The topological polar surface area (TPSA) is 26.3 Å². The first kappa shape index (κ1) is 6.10. The second kappa shape index (κ2) is 2.20.